The van der Waals surface area contributed by atoms with Crippen molar-refractivity contribution in [1.29, 1.82) is 0 Å². The summed E-state index contributed by atoms with van der Waals surface area (Å²) in [6.45, 7) is -0.454. The summed E-state index contributed by atoms with van der Waals surface area (Å²) in [7, 11) is 0. The Balaban J connectivity index is 2.49. The predicted octanol–water partition coefficient (Wildman–Crippen LogP) is 3.25. The fourth-order valence-electron chi connectivity index (χ4n) is 1.64. The molecular formula is C12H12ClFN2. The number of hydrogen-bond donors (Lipinski definition) is 1. The molecule has 0 spiro atoms. The van der Waals surface area contributed by atoms with Crippen LogP contribution in [-0.2, 0) is 0 Å². The molecule has 0 unspecified atom stereocenters. The number of pyridine rings is 1. The van der Waals surface area contributed by atoms with Crippen LogP contribution in [0, 0.1) is 0 Å². The third kappa shape index (κ3) is 2.15. The first-order valence-corrected chi connectivity index (χ1v) is 5.47. The van der Waals surface area contributed by atoms with Crippen molar-refractivity contribution in [2.45, 2.75) is 12.5 Å². The molecule has 2 rings (SSSR count). The largest absolute Gasteiger partial charge is 0.324 e. The summed E-state index contributed by atoms with van der Waals surface area (Å²) in [5.41, 5.74) is 7.36. The Bertz CT molecular complexity index is 501. The fraction of sp³-hybridized carbons (Fsp3) is 0.250. The minimum atomic E-state index is -0.454. The van der Waals surface area contributed by atoms with E-state index in [1.54, 1.807) is 0 Å². The van der Waals surface area contributed by atoms with Crippen LogP contribution in [0.2, 0.25) is 5.15 Å². The van der Waals surface area contributed by atoms with Gasteiger partial charge in [-0.05, 0) is 18.6 Å². The second-order valence-electron chi connectivity index (χ2n) is 3.65. The van der Waals surface area contributed by atoms with Gasteiger partial charge in [0, 0.05) is 17.0 Å². The molecule has 0 amide bonds. The Morgan fingerprint density at radius 2 is 2.12 bits per heavy atom. The molecule has 0 aliphatic carbocycles. The van der Waals surface area contributed by atoms with Crippen LogP contribution in [-0.4, -0.2) is 11.7 Å². The molecule has 2 aromatic rings. The van der Waals surface area contributed by atoms with Gasteiger partial charge in [0.15, 0.2) is 0 Å². The maximum Gasteiger partial charge on any atom is 0.134 e. The lowest BCUT2D eigenvalue weighted by Gasteiger charge is -2.12. The first-order chi connectivity index (χ1) is 7.72. The van der Waals surface area contributed by atoms with Crippen molar-refractivity contribution in [3.8, 4) is 0 Å². The number of nitrogens with two attached hydrogens (primary N) is 1. The second kappa shape index (κ2) is 4.76. The van der Waals surface area contributed by atoms with Gasteiger partial charge in [-0.3, -0.25) is 4.39 Å². The Labute approximate surface area is 98.2 Å². The quantitative estimate of drug-likeness (QED) is 0.834. The van der Waals surface area contributed by atoms with Gasteiger partial charge >= 0.3 is 0 Å². The molecule has 0 bridgehead atoms. The normalized spacial score (nSPS) is 12.9. The summed E-state index contributed by atoms with van der Waals surface area (Å²) in [6, 6.07) is 9.12. The van der Waals surface area contributed by atoms with Gasteiger partial charge in [0.2, 0.25) is 0 Å². The number of rotatable bonds is 3. The highest BCUT2D eigenvalue weighted by Crippen LogP contribution is 2.26. The zero-order valence-corrected chi connectivity index (χ0v) is 9.41. The molecule has 16 heavy (non-hydrogen) atoms. The Kier molecular flexibility index (Phi) is 3.36. The van der Waals surface area contributed by atoms with Crippen molar-refractivity contribution in [2.75, 3.05) is 6.67 Å². The number of benzene rings is 1. The topological polar surface area (TPSA) is 38.9 Å². The van der Waals surface area contributed by atoms with Crippen molar-refractivity contribution >= 4 is 22.5 Å². The number of para-hydroxylation sites is 1. The van der Waals surface area contributed by atoms with Gasteiger partial charge in [-0.1, -0.05) is 29.8 Å². The number of halogens is 2. The molecule has 4 heteroatoms. The molecule has 1 heterocycles. The van der Waals surface area contributed by atoms with Crippen molar-refractivity contribution < 1.29 is 4.39 Å². The Morgan fingerprint density at radius 3 is 2.88 bits per heavy atom. The first kappa shape index (κ1) is 11.3. The molecule has 1 atom stereocenters. The van der Waals surface area contributed by atoms with Crippen LogP contribution >= 0.6 is 11.6 Å². The molecule has 2 N–H and O–H groups in total. The van der Waals surface area contributed by atoms with E-state index in [1.165, 1.54) is 0 Å². The fourth-order valence-corrected chi connectivity index (χ4v) is 1.93. The summed E-state index contributed by atoms with van der Waals surface area (Å²) in [5, 5.41) is 1.33. The third-order valence-corrected chi connectivity index (χ3v) is 2.83. The smallest absolute Gasteiger partial charge is 0.134 e. The zero-order chi connectivity index (χ0) is 11.5. The standard InChI is InChI=1S/C12H12ClFN2/c13-12-9(10(15)5-6-14)7-8-3-1-2-4-11(8)16-12/h1-4,7,10H,5-6,15H2/t10-/m1/s1. The van der Waals surface area contributed by atoms with Crippen LogP contribution in [0.4, 0.5) is 4.39 Å². The van der Waals surface area contributed by atoms with E-state index in [4.69, 9.17) is 17.3 Å². The predicted molar refractivity (Wildman–Crippen MR) is 64.3 cm³/mol. The minimum absolute atomic E-state index is 0.264. The molecule has 0 saturated carbocycles. The van der Waals surface area contributed by atoms with E-state index in [-0.39, 0.29) is 6.42 Å². The van der Waals surface area contributed by atoms with E-state index in [0.29, 0.717) is 10.7 Å². The molecular weight excluding hydrogens is 227 g/mol. The van der Waals surface area contributed by atoms with Crippen LogP contribution in [0.25, 0.3) is 10.9 Å². The number of fused-ring (bicyclic) bond motifs is 1. The van der Waals surface area contributed by atoms with Gasteiger partial charge in [0.1, 0.15) is 5.15 Å². The van der Waals surface area contributed by atoms with Crippen molar-refractivity contribution in [3.63, 3.8) is 0 Å². The van der Waals surface area contributed by atoms with E-state index in [2.05, 4.69) is 4.98 Å². The van der Waals surface area contributed by atoms with Crippen LogP contribution in [0.15, 0.2) is 30.3 Å². The maximum absolute atomic E-state index is 12.2. The lowest BCUT2D eigenvalue weighted by Crippen LogP contribution is -2.12. The average Bonchev–Trinajstić information content (AvgIpc) is 2.28. The van der Waals surface area contributed by atoms with Gasteiger partial charge < -0.3 is 5.73 Å². The lowest BCUT2D eigenvalue weighted by atomic mass is 10.1. The Hall–Kier alpha value is -1.19. The van der Waals surface area contributed by atoms with Crippen LogP contribution in [0.3, 0.4) is 0 Å². The van der Waals surface area contributed by atoms with Gasteiger partial charge in [0.25, 0.3) is 0 Å². The monoisotopic (exact) mass is 238 g/mol. The molecule has 0 aliphatic rings. The minimum Gasteiger partial charge on any atom is -0.324 e. The third-order valence-electron chi connectivity index (χ3n) is 2.52. The van der Waals surface area contributed by atoms with Crippen molar-refractivity contribution in [1.82, 2.24) is 4.98 Å². The molecule has 0 fully saturated rings. The van der Waals surface area contributed by atoms with E-state index >= 15 is 0 Å². The van der Waals surface area contributed by atoms with Gasteiger partial charge in [0.05, 0.1) is 12.2 Å². The SMILES string of the molecule is N[C@H](CCF)c1cc2ccccc2nc1Cl. The lowest BCUT2D eigenvalue weighted by molar-refractivity contribution is 0.442. The zero-order valence-electron chi connectivity index (χ0n) is 8.66. The molecule has 1 aromatic heterocycles. The van der Waals surface area contributed by atoms with E-state index in [9.17, 15) is 4.39 Å². The van der Waals surface area contributed by atoms with Gasteiger partial charge in [-0.25, -0.2) is 4.98 Å². The van der Waals surface area contributed by atoms with E-state index in [0.717, 1.165) is 10.9 Å². The highest BCUT2D eigenvalue weighted by Gasteiger charge is 2.12. The summed E-state index contributed by atoms with van der Waals surface area (Å²) in [5.74, 6) is 0. The number of alkyl halides is 1. The van der Waals surface area contributed by atoms with Crippen molar-refractivity contribution in [3.05, 3.63) is 41.0 Å². The van der Waals surface area contributed by atoms with E-state index < -0.39 is 12.7 Å². The first-order valence-electron chi connectivity index (χ1n) is 5.09. The molecule has 84 valence electrons. The van der Waals surface area contributed by atoms with Gasteiger partial charge in [-0.15, -0.1) is 0 Å². The number of nitrogens with zero attached hydrogens (tertiary/aromatic N) is 1. The summed E-state index contributed by atoms with van der Waals surface area (Å²) < 4.78 is 12.2. The highest BCUT2D eigenvalue weighted by atomic mass is 35.5. The highest BCUT2D eigenvalue weighted by molar-refractivity contribution is 6.30. The number of hydrogen-bond acceptors (Lipinski definition) is 2. The Morgan fingerprint density at radius 1 is 1.38 bits per heavy atom. The van der Waals surface area contributed by atoms with Crippen LogP contribution < -0.4 is 5.73 Å². The van der Waals surface area contributed by atoms with Crippen molar-refractivity contribution in [2.24, 2.45) is 5.73 Å². The molecule has 0 radical (unpaired) electrons. The molecule has 0 aliphatic heterocycles. The average molecular weight is 239 g/mol. The summed E-state index contributed by atoms with van der Waals surface area (Å²) in [4.78, 5) is 4.24. The molecule has 2 nitrogen and oxygen atoms in total. The summed E-state index contributed by atoms with van der Waals surface area (Å²) >= 11 is 6.02. The van der Waals surface area contributed by atoms with Crippen LogP contribution in [0.1, 0.15) is 18.0 Å². The summed E-state index contributed by atoms with van der Waals surface area (Å²) in [6.07, 6.45) is 0.264. The maximum atomic E-state index is 12.2. The second-order valence-corrected chi connectivity index (χ2v) is 4.00. The molecule has 0 saturated heterocycles. The number of aromatic nitrogens is 1. The van der Waals surface area contributed by atoms with Crippen LogP contribution in [0.5, 0.6) is 0 Å². The van der Waals surface area contributed by atoms with E-state index in [1.807, 2.05) is 30.3 Å². The van der Waals surface area contributed by atoms with Gasteiger partial charge in [-0.2, -0.15) is 0 Å². The molecule has 1 aromatic carbocycles.